The molecular weight excluding hydrogens is 1060 g/mol. The van der Waals surface area contributed by atoms with Gasteiger partial charge in [-0.2, -0.15) is 0 Å². The maximum atomic E-state index is 13.3. The number of methoxy groups -OCH3 is 2. The average molecular weight is 1120 g/mol. The van der Waals surface area contributed by atoms with Gasteiger partial charge in [-0.25, -0.2) is 11.0 Å². The molecule has 8 rings (SSSR count). The lowest BCUT2D eigenvalue weighted by atomic mass is 10.1. The van der Waals surface area contributed by atoms with Crippen LogP contribution < -0.4 is 42.9 Å². The van der Waals surface area contributed by atoms with Gasteiger partial charge < -0.3 is 82.2 Å². The first-order chi connectivity index (χ1) is 38.3. The lowest BCUT2D eigenvalue weighted by Crippen LogP contribution is -2.43. The molecule has 0 spiro atoms. The number of rotatable bonds is 18. The van der Waals surface area contributed by atoms with Crippen LogP contribution in [0.4, 0.5) is 0 Å². The third kappa shape index (κ3) is 16.4. The molecule has 4 aliphatic rings. The Morgan fingerprint density at radius 2 is 0.675 bits per heavy atom. The van der Waals surface area contributed by atoms with Crippen molar-refractivity contribution in [3.05, 3.63) is 93.0 Å². The van der Waals surface area contributed by atoms with E-state index in [0.717, 1.165) is 48.5 Å². The van der Waals surface area contributed by atoms with Crippen molar-refractivity contribution in [1.82, 2.24) is 52.7 Å². The fourth-order valence-electron chi connectivity index (χ4n) is 7.58. The van der Waals surface area contributed by atoms with E-state index in [1.54, 1.807) is 9.80 Å². The predicted molar refractivity (Wildman–Crippen MR) is 277 cm³/mol. The van der Waals surface area contributed by atoms with Crippen LogP contribution in [0.1, 0.15) is 82.9 Å². The quantitative estimate of drug-likeness (QED) is 0.0292. The highest BCUT2D eigenvalue weighted by Gasteiger charge is 2.26. The van der Waals surface area contributed by atoms with Gasteiger partial charge in [0.2, 0.25) is 0 Å². The van der Waals surface area contributed by atoms with Gasteiger partial charge in [-0.05, 0) is 48.5 Å². The van der Waals surface area contributed by atoms with E-state index in [2.05, 4.69) is 42.9 Å². The minimum atomic E-state index is -0.920. The number of ether oxygens (including phenoxy) is 2. The lowest BCUT2D eigenvalue weighted by molar-refractivity contribution is 0.00855. The molecule has 0 saturated carbocycles. The Bertz CT molecular complexity index is 2640. The zero-order chi connectivity index (χ0) is 58.5. The van der Waals surface area contributed by atoms with Gasteiger partial charge in [-0.15, -0.1) is 0 Å². The molecule has 80 heavy (non-hydrogen) atoms. The van der Waals surface area contributed by atoms with Gasteiger partial charge >= 0.3 is 0 Å². The van der Waals surface area contributed by atoms with Crippen LogP contribution in [0.5, 0.6) is 46.0 Å². The van der Waals surface area contributed by atoms with Gasteiger partial charge in [0.15, 0.2) is 46.0 Å². The molecule has 30 nitrogen and oxygen atoms in total. The van der Waals surface area contributed by atoms with E-state index < -0.39 is 138 Å². The van der Waals surface area contributed by atoms with Crippen LogP contribution in [0.2, 0.25) is 0 Å². The van der Waals surface area contributed by atoms with Gasteiger partial charge in [0, 0.05) is 92.8 Å². The maximum absolute atomic E-state index is 13.3. The van der Waals surface area contributed by atoms with Crippen LogP contribution >= 0.6 is 0 Å². The van der Waals surface area contributed by atoms with Crippen molar-refractivity contribution in [1.29, 1.82) is 0 Å². The summed E-state index contributed by atoms with van der Waals surface area (Å²) in [6.07, 6.45) is 0. The van der Waals surface area contributed by atoms with E-state index in [0.29, 0.717) is 0 Å². The van der Waals surface area contributed by atoms with Crippen LogP contribution in [0.15, 0.2) is 48.5 Å². The van der Waals surface area contributed by atoms with Crippen LogP contribution in [-0.2, 0) is 19.1 Å². The molecule has 0 atom stereocenters. The molecule has 4 aliphatic heterocycles. The van der Waals surface area contributed by atoms with Crippen molar-refractivity contribution < 1.29 is 98.4 Å². The van der Waals surface area contributed by atoms with E-state index in [-0.39, 0.29) is 105 Å². The number of aromatic hydroxyl groups is 8. The molecule has 0 aromatic heterocycles. The zero-order valence-corrected chi connectivity index (χ0v) is 43.3. The number of hydrogen-bond donors (Lipinski definition) is 16. The third-order valence-corrected chi connectivity index (χ3v) is 12.0. The summed E-state index contributed by atoms with van der Waals surface area (Å²) in [7, 11) is 2.83. The first kappa shape index (κ1) is 61.7. The molecule has 0 aliphatic carbocycles. The number of carbonyl (C=O) groups is 8. The summed E-state index contributed by atoms with van der Waals surface area (Å²) >= 11 is 0. The first-order valence-corrected chi connectivity index (χ1v) is 24.5. The second-order valence-electron chi connectivity index (χ2n) is 17.2. The van der Waals surface area contributed by atoms with Gasteiger partial charge in [-0.1, -0.05) is 0 Å². The standard InChI is InChI=1S/C50H62N10O20/c1-77-23-25-79-57-49(75)33-9-7-31(39(65)41(33)67)47(73)55-15-21-59-17-11-51-43(69)27-3-5-29(37(63)35(27)61)45(71)53-13-19-60(20-14-54-46(72)30-6-4-28(36(62)38(30)64)44(70)52-12-18-59)22-16-56-48(74)32-8-10-34(42(68)40(32)66)50(76)58-80-26-24-78-2/h3-10,61-68H,11-26H2,1-2H3,(H,51,69)(H,52,70)(H,53,71)(H,54,72)(H,55,73)(H,56,74)(H,57,75)(H,58,76). The maximum Gasteiger partial charge on any atom is 0.278 e. The van der Waals surface area contributed by atoms with E-state index in [1.165, 1.54) is 14.2 Å². The Balaban J connectivity index is 1.28. The molecule has 0 fully saturated rings. The molecule has 0 radical (unpaired) electrons. The van der Waals surface area contributed by atoms with Gasteiger partial charge in [0.25, 0.3) is 47.3 Å². The highest BCUT2D eigenvalue weighted by molar-refractivity contribution is 6.05. The number of amides is 8. The number of nitrogens with one attached hydrogen (secondary N) is 8. The summed E-state index contributed by atoms with van der Waals surface area (Å²) in [5.74, 6) is -14.3. The van der Waals surface area contributed by atoms with Gasteiger partial charge in [0.1, 0.15) is 0 Å². The summed E-state index contributed by atoms with van der Waals surface area (Å²) in [6.45, 7) is -0.425. The molecule has 0 saturated heterocycles. The molecule has 4 aromatic rings. The molecule has 16 N–H and O–H groups in total. The molecule has 4 heterocycles. The number of benzene rings is 4. The third-order valence-electron chi connectivity index (χ3n) is 12.0. The number of nitrogens with zero attached hydrogens (tertiary/aromatic N) is 2. The van der Waals surface area contributed by atoms with E-state index in [9.17, 15) is 79.2 Å². The largest absolute Gasteiger partial charge is 0.504 e. The van der Waals surface area contributed by atoms with Crippen LogP contribution in [-0.4, -0.2) is 217 Å². The summed E-state index contributed by atoms with van der Waals surface area (Å²) in [6, 6.07) is 8.77. The summed E-state index contributed by atoms with van der Waals surface area (Å²) < 4.78 is 9.63. The minimum Gasteiger partial charge on any atom is -0.504 e. The molecule has 4 aromatic carbocycles. The minimum absolute atomic E-state index is 0.0141. The average Bonchev–Trinajstić information content (AvgIpc) is 3.43. The van der Waals surface area contributed by atoms with Gasteiger partial charge in [-0.3, -0.25) is 57.8 Å². The Labute approximate surface area is 455 Å². The van der Waals surface area contributed by atoms with Crippen molar-refractivity contribution >= 4 is 47.3 Å². The molecule has 4 bridgehead atoms. The molecule has 8 amide bonds. The normalized spacial score (nSPS) is 14.3. The van der Waals surface area contributed by atoms with E-state index >= 15 is 0 Å². The zero-order valence-electron chi connectivity index (χ0n) is 43.3. The molecule has 432 valence electrons. The van der Waals surface area contributed by atoms with Crippen LogP contribution in [0.25, 0.3) is 0 Å². The predicted octanol–water partition coefficient (Wildman–Crippen LogP) is -1.96. The second kappa shape index (κ2) is 30.1. The number of hydrogen-bond acceptors (Lipinski definition) is 22. The highest BCUT2D eigenvalue weighted by atomic mass is 16.7. The number of carbonyl (C=O) groups excluding carboxylic acids is 8. The topological polar surface area (TPSA) is 438 Å². The van der Waals surface area contributed by atoms with Crippen LogP contribution in [0, 0.1) is 0 Å². The Morgan fingerprint density at radius 1 is 0.412 bits per heavy atom. The number of phenols is 8. The smallest absolute Gasteiger partial charge is 0.278 e. The SMILES string of the molecule is COCCONC(=O)c1ccc(C(=O)NCCN2CCNC(=O)c3ccc(c(O)c3O)C(=O)NCCN(CCNC(=O)c3ccc(C(=O)NOCCOC)c(O)c3O)CCNC(=O)c3ccc(c(O)c3O)C(=O)NCC2)c(O)c1O. The fourth-order valence-corrected chi connectivity index (χ4v) is 7.58. The molecular formula is C50H62N10O20. The molecule has 0 unspecified atom stereocenters. The monoisotopic (exact) mass is 1120 g/mol. The Kier molecular flexibility index (Phi) is 23.2. The first-order valence-electron chi connectivity index (χ1n) is 24.5. The summed E-state index contributed by atoms with van der Waals surface area (Å²) in [4.78, 5) is 117. The Morgan fingerprint density at radius 3 is 0.938 bits per heavy atom. The molecule has 30 heteroatoms. The number of hydroxylamine groups is 2. The van der Waals surface area contributed by atoms with Crippen LogP contribution in [0.3, 0.4) is 0 Å². The van der Waals surface area contributed by atoms with Crippen molar-refractivity contribution in [3.63, 3.8) is 0 Å². The highest BCUT2D eigenvalue weighted by Crippen LogP contribution is 2.36. The van der Waals surface area contributed by atoms with E-state index in [1.807, 2.05) is 0 Å². The van der Waals surface area contributed by atoms with Crippen molar-refractivity contribution in [2.75, 3.05) is 119 Å². The van der Waals surface area contributed by atoms with Crippen molar-refractivity contribution in [2.24, 2.45) is 0 Å². The second-order valence-corrected chi connectivity index (χ2v) is 17.2. The summed E-state index contributed by atoms with van der Waals surface area (Å²) in [5.41, 5.74) is 0.924. The fraction of sp³-hybridized carbons (Fsp3) is 0.360. The Hall–Kier alpha value is -9.20. The lowest BCUT2D eigenvalue weighted by Gasteiger charge is -2.23. The summed E-state index contributed by atoms with van der Waals surface area (Å²) in [5, 5.41) is 101. The van der Waals surface area contributed by atoms with E-state index in [4.69, 9.17) is 19.1 Å². The number of phenolic OH excluding ortho intramolecular Hbond substituents is 8. The van der Waals surface area contributed by atoms with Crippen molar-refractivity contribution in [3.8, 4) is 46.0 Å². The van der Waals surface area contributed by atoms with Crippen molar-refractivity contribution in [2.45, 2.75) is 0 Å². The van der Waals surface area contributed by atoms with Gasteiger partial charge in [0.05, 0.1) is 70.9 Å².